The number of benzene rings is 1. The maximum Gasteiger partial charge on any atom is 0.171 e. The molecule has 2 saturated heterocycles. The van der Waals surface area contributed by atoms with Crippen LogP contribution in [0, 0.1) is 0 Å². The van der Waals surface area contributed by atoms with Crippen molar-refractivity contribution >= 4 is 0 Å². The van der Waals surface area contributed by atoms with Gasteiger partial charge in [-0.2, -0.15) is 0 Å². The van der Waals surface area contributed by atoms with Crippen LogP contribution in [-0.2, 0) is 9.47 Å². The zero-order chi connectivity index (χ0) is 10.8. The van der Waals surface area contributed by atoms with Crippen molar-refractivity contribution in [2.75, 3.05) is 19.7 Å². The van der Waals surface area contributed by atoms with Crippen molar-refractivity contribution in [3.8, 4) is 0 Å². The van der Waals surface area contributed by atoms with E-state index in [-0.39, 0.29) is 11.9 Å². The van der Waals surface area contributed by atoms with Crippen molar-refractivity contribution in [2.24, 2.45) is 0 Å². The highest BCUT2D eigenvalue weighted by Crippen LogP contribution is 2.38. The Labute approximate surface area is 95.8 Å². The molecule has 0 aromatic heterocycles. The Morgan fingerprint density at radius 1 is 1.12 bits per heavy atom. The standard InChI is InChI=1S/C13H17NO2/c1-2-4-11(5-3-1)12-10-15-13(16-12)6-8-14-9-7-13/h1-5,12,14H,6-10H2. The van der Waals surface area contributed by atoms with E-state index in [1.165, 1.54) is 5.56 Å². The lowest BCUT2D eigenvalue weighted by Gasteiger charge is -2.32. The highest BCUT2D eigenvalue weighted by Gasteiger charge is 2.42. The van der Waals surface area contributed by atoms with Gasteiger partial charge in [0.2, 0.25) is 0 Å². The number of ether oxygens (including phenoxy) is 2. The molecule has 1 atom stereocenters. The van der Waals surface area contributed by atoms with Crippen LogP contribution in [0.25, 0.3) is 0 Å². The van der Waals surface area contributed by atoms with Crippen LogP contribution < -0.4 is 5.32 Å². The molecule has 3 rings (SSSR count). The van der Waals surface area contributed by atoms with Crippen LogP contribution in [0.2, 0.25) is 0 Å². The number of hydrogen-bond acceptors (Lipinski definition) is 3. The first-order chi connectivity index (χ1) is 7.88. The lowest BCUT2D eigenvalue weighted by molar-refractivity contribution is -0.183. The van der Waals surface area contributed by atoms with E-state index < -0.39 is 0 Å². The first-order valence-corrected chi connectivity index (χ1v) is 5.95. The number of hydrogen-bond donors (Lipinski definition) is 1. The van der Waals surface area contributed by atoms with Crippen molar-refractivity contribution < 1.29 is 9.47 Å². The SMILES string of the molecule is c1ccc(C2COC3(CCNCC3)O2)cc1. The molecular weight excluding hydrogens is 202 g/mol. The van der Waals surface area contributed by atoms with Crippen molar-refractivity contribution in [1.29, 1.82) is 0 Å². The topological polar surface area (TPSA) is 30.5 Å². The molecule has 1 unspecified atom stereocenters. The van der Waals surface area contributed by atoms with Crippen molar-refractivity contribution in [3.63, 3.8) is 0 Å². The van der Waals surface area contributed by atoms with Gasteiger partial charge in [-0.3, -0.25) is 0 Å². The summed E-state index contributed by atoms with van der Waals surface area (Å²) in [6.07, 6.45) is 2.02. The summed E-state index contributed by atoms with van der Waals surface area (Å²) < 4.78 is 12.0. The zero-order valence-electron chi connectivity index (χ0n) is 9.32. The van der Waals surface area contributed by atoms with Crippen LogP contribution >= 0.6 is 0 Å². The summed E-state index contributed by atoms with van der Waals surface area (Å²) in [6, 6.07) is 10.3. The summed E-state index contributed by atoms with van der Waals surface area (Å²) in [4.78, 5) is 0. The first kappa shape index (κ1) is 10.3. The molecule has 1 spiro atoms. The highest BCUT2D eigenvalue weighted by atomic mass is 16.7. The molecule has 1 aromatic rings. The lowest BCUT2D eigenvalue weighted by Crippen LogP contribution is -2.42. The minimum atomic E-state index is -0.314. The summed E-state index contributed by atoms with van der Waals surface area (Å²) in [6.45, 7) is 2.66. The minimum absolute atomic E-state index is 0.110. The Morgan fingerprint density at radius 3 is 2.62 bits per heavy atom. The molecule has 2 heterocycles. The Bertz CT molecular complexity index is 346. The predicted octanol–water partition coefficient (Wildman–Crippen LogP) is 1.85. The molecular formula is C13H17NO2. The normalized spacial score (nSPS) is 28.4. The minimum Gasteiger partial charge on any atom is -0.347 e. The van der Waals surface area contributed by atoms with E-state index in [1.54, 1.807) is 0 Å². The van der Waals surface area contributed by atoms with Gasteiger partial charge in [-0.15, -0.1) is 0 Å². The third kappa shape index (κ3) is 1.86. The molecule has 1 N–H and O–H groups in total. The third-order valence-electron chi connectivity index (χ3n) is 3.39. The average Bonchev–Trinajstić information content (AvgIpc) is 2.75. The number of piperidine rings is 1. The average molecular weight is 219 g/mol. The van der Waals surface area contributed by atoms with Crippen LogP contribution in [0.1, 0.15) is 24.5 Å². The molecule has 2 aliphatic heterocycles. The van der Waals surface area contributed by atoms with Gasteiger partial charge in [0.25, 0.3) is 0 Å². The van der Waals surface area contributed by atoms with Crippen LogP contribution in [0.15, 0.2) is 30.3 Å². The van der Waals surface area contributed by atoms with Gasteiger partial charge in [-0.25, -0.2) is 0 Å². The van der Waals surface area contributed by atoms with E-state index in [9.17, 15) is 0 Å². The molecule has 3 nitrogen and oxygen atoms in total. The molecule has 0 amide bonds. The quantitative estimate of drug-likeness (QED) is 0.782. The largest absolute Gasteiger partial charge is 0.347 e. The fraction of sp³-hybridized carbons (Fsp3) is 0.538. The van der Waals surface area contributed by atoms with E-state index in [0.717, 1.165) is 25.9 Å². The Kier molecular flexibility index (Phi) is 2.67. The first-order valence-electron chi connectivity index (χ1n) is 5.95. The molecule has 16 heavy (non-hydrogen) atoms. The fourth-order valence-corrected chi connectivity index (χ4v) is 2.46. The van der Waals surface area contributed by atoms with Gasteiger partial charge in [0.15, 0.2) is 5.79 Å². The van der Waals surface area contributed by atoms with Crippen molar-refractivity contribution in [1.82, 2.24) is 5.32 Å². The maximum absolute atomic E-state index is 6.11. The Balaban J connectivity index is 1.73. The van der Waals surface area contributed by atoms with Gasteiger partial charge in [0.05, 0.1) is 6.61 Å². The Morgan fingerprint density at radius 2 is 1.88 bits per heavy atom. The molecule has 0 bridgehead atoms. The van der Waals surface area contributed by atoms with E-state index in [4.69, 9.17) is 9.47 Å². The molecule has 2 aliphatic rings. The van der Waals surface area contributed by atoms with Gasteiger partial charge in [0.1, 0.15) is 6.10 Å². The van der Waals surface area contributed by atoms with Crippen molar-refractivity contribution in [3.05, 3.63) is 35.9 Å². The second-order valence-corrected chi connectivity index (χ2v) is 4.49. The molecule has 1 aromatic carbocycles. The molecule has 0 saturated carbocycles. The van der Waals surface area contributed by atoms with Crippen molar-refractivity contribution in [2.45, 2.75) is 24.7 Å². The second-order valence-electron chi connectivity index (χ2n) is 4.49. The summed E-state index contributed by atoms with van der Waals surface area (Å²) in [7, 11) is 0. The fourth-order valence-electron chi connectivity index (χ4n) is 2.46. The predicted molar refractivity (Wildman–Crippen MR) is 61.1 cm³/mol. The number of nitrogens with one attached hydrogen (secondary N) is 1. The lowest BCUT2D eigenvalue weighted by atomic mass is 10.1. The van der Waals surface area contributed by atoms with Crippen LogP contribution in [-0.4, -0.2) is 25.5 Å². The van der Waals surface area contributed by atoms with Crippen LogP contribution in [0.5, 0.6) is 0 Å². The third-order valence-corrected chi connectivity index (χ3v) is 3.39. The van der Waals surface area contributed by atoms with E-state index in [1.807, 2.05) is 18.2 Å². The van der Waals surface area contributed by atoms with E-state index >= 15 is 0 Å². The maximum atomic E-state index is 6.11. The zero-order valence-corrected chi connectivity index (χ0v) is 9.32. The van der Waals surface area contributed by atoms with Gasteiger partial charge < -0.3 is 14.8 Å². The number of rotatable bonds is 1. The second kappa shape index (κ2) is 4.17. The summed E-state index contributed by atoms with van der Waals surface area (Å²) >= 11 is 0. The van der Waals surface area contributed by atoms with Gasteiger partial charge in [-0.1, -0.05) is 30.3 Å². The van der Waals surface area contributed by atoms with Gasteiger partial charge in [0, 0.05) is 25.9 Å². The molecule has 0 aliphatic carbocycles. The molecule has 3 heteroatoms. The van der Waals surface area contributed by atoms with Gasteiger partial charge in [-0.05, 0) is 5.56 Å². The smallest absolute Gasteiger partial charge is 0.171 e. The summed E-state index contributed by atoms with van der Waals surface area (Å²) in [5.74, 6) is -0.314. The summed E-state index contributed by atoms with van der Waals surface area (Å²) in [5, 5.41) is 3.33. The van der Waals surface area contributed by atoms with E-state index in [0.29, 0.717) is 6.61 Å². The monoisotopic (exact) mass is 219 g/mol. The Hall–Kier alpha value is -0.900. The van der Waals surface area contributed by atoms with Gasteiger partial charge >= 0.3 is 0 Å². The van der Waals surface area contributed by atoms with E-state index in [2.05, 4.69) is 17.4 Å². The van der Waals surface area contributed by atoms with Crippen LogP contribution in [0.4, 0.5) is 0 Å². The molecule has 86 valence electrons. The van der Waals surface area contributed by atoms with Crippen LogP contribution in [0.3, 0.4) is 0 Å². The molecule has 2 fully saturated rings. The molecule has 0 radical (unpaired) electrons. The highest BCUT2D eigenvalue weighted by molar-refractivity contribution is 5.18. The summed E-state index contributed by atoms with van der Waals surface area (Å²) in [5.41, 5.74) is 1.22.